The van der Waals surface area contributed by atoms with Crippen LogP contribution in [0.4, 0.5) is 0 Å². The van der Waals surface area contributed by atoms with Gasteiger partial charge in [-0.2, -0.15) is 0 Å². The Morgan fingerprint density at radius 1 is 1.30 bits per heavy atom. The van der Waals surface area contributed by atoms with Gasteiger partial charge in [-0.05, 0) is 11.8 Å². The lowest BCUT2D eigenvalue weighted by Crippen LogP contribution is -2.20. The Balaban J connectivity index is 2.45. The van der Waals surface area contributed by atoms with Crippen molar-refractivity contribution in [2.75, 3.05) is 11.5 Å². The van der Waals surface area contributed by atoms with E-state index in [0.717, 1.165) is 4.58 Å². The first-order valence-electron chi connectivity index (χ1n) is 3.90. The van der Waals surface area contributed by atoms with Gasteiger partial charge in [0.1, 0.15) is 0 Å². The summed E-state index contributed by atoms with van der Waals surface area (Å²) >= 11 is 4.27. The van der Waals surface area contributed by atoms with E-state index in [4.69, 9.17) is 0 Å². The molecule has 0 bridgehead atoms. The fourth-order valence-electron chi connectivity index (χ4n) is 0.976. The zero-order valence-electron chi connectivity index (χ0n) is 7.02. The van der Waals surface area contributed by atoms with Crippen LogP contribution in [0.15, 0.2) is 0 Å². The minimum Gasteiger partial charge on any atom is -0.146 e. The molecule has 0 aromatic carbocycles. The quantitative estimate of drug-likeness (QED) is 0.633. The van der Waals surface area contributed by atoms with Gasteiger partial charge in [0.25, 0.3) is 0 Å². The third-order valence-electron chi connectivity index (χ3n) is 2.17. The minimum absolute atomic E-state index is 0.547. The number of rotatable bonds is 2. The summed E-state index contributed by atoms with van der Waals surface area (Å²) in [5.41, 5.74) is 0.547. The molecule has 0 N–H and O–H groups in total. The second kappa shape index (κ2) is 3.40. The molecule has 0 atom stereocenters. The maximum absolute atomic E-state index is 2.38. The van der Waals surface area contributed by atoms with Crippen molar-refractivity contribution >= 4 is 23.5 Å². The summed E-state index contributed by atoms with van der Waals surface area (Å²) in [6.07, 6.45) is 1.30. The van der Waals surface area contributed by atoms with Gasteiger partial charge >= 0.3 is 0 Å². The molecule has 0 aliphatic carbocycles. The molecule has 0 nitrogen and oxygen atoms in total. The van der Waals surface area contributed by atoms with Gasteiger partial charge in [0.15, 0.2) is 0 Å². The maximum atomic E-state index is 2.38. The van der Waals surface area contributed by atoms with Crippen molar-refractivity contribution in [3.8, 4) is 0 Å². The summed E-state index contributed by atoms with van der Waals surface area (Å²) in [4.78, 5) is 0. The molecule has 1 aliphatic heterocycles. The number of hydrogen-bond donors (Lipinski definition) is 0. The Morgan fingerprint density at radius 3 is 2.20 bits per heavy atom. The van der Waals surface area contributed by atoms with Crippen LogP contribution in [0.25, 0.3) is 0 Å². The fraction of sp³-hybridized carbons (Fsp3) is 1.00. The predicted molar refractivity (Wildman–Crippen MR) is 52.8 cm³/mol. The fourth-order valence-corrected chi connectivity index (χ4v) is 4.37. The third-order valence-corrected chi connectivity index (χ3v) is 6.01. The lowest BCUT2D eigenvalue weighted by atomic mass is 9.93. The summed E-state index contributed by atoms with van der Waals surface area (Å²) in [5, 5.41) is 0. The van der Waals surface area contributed by atoms with E-state index >= 15 is 0 Å². The highest BCUT2D eigenvalue weighted by Crippen LogP contribution is 2.45. The van der Waals surface area contributed by atoms with Crippen LogP contribution in [0.5, 0.6) is 0 Å². The van der Waals surface area contributed by atoms with Crippen LogP contribution < -0.4 is 0 Å². The van der Waals surface area contributed by atoms with Gasteiger partial charge in [-0.1, -0.05) is 20.8 Å². The van der Waals surface area contributed by atoms with Gasteiger partial charge < -0.3 is 0 Å². The molecule has 0 radical (unpaired) electrons. The molecule has 0 saturated carbocycles. The maximum Gasteiger partial charge on any atom is 0.0553 e. The molecule has 1 fully saturated rings. The van der Waals surface area contributed by atoms with E-state index in [0.29, 0.717) is 5.41 Å². The molecule has 0 aromatic rings. The van der Waals surface area contributed by atoms with Crippen molar-refractivity contribution in [2.45, 2.75) is 31.8 Å². The van der Waals surface area contributed by atoms with E-state index in [2.05, 4.69) is 44.3 Å². The summed E-state index contributed by atoms with van der Waals surface area (Å²) in [6, 6.07) is 0. The standard InChI is InChI=1S/C8H16S2/c1-4-8(2,3)7-9-5-6-10-7/h7H,4-6H2,1-3H3. The predicted octanol–water partition coefficient (Wildman–Crippen LogP) is 3.23. The van der Waals surface area contributed by atoms with Gasteiger partial charge in [0, 0.05) is 11.5 Å². The lowest BCUT2D eigenvalue weighted by Gasteiger charge is -2.28. The Morgan fingerprint density at radius 2 is 1.80 bits per heavy atom. The second-order valence-electron chi connectivity index (χ2n) is 3.42. The summed E-state index contributed by atoms with van der Waals surface area (Å²) < 4.78 is 0.859. The van der Waals surface area contributed by atoms with Crippen molar-refractivity contribution in [2.24, 2.45) is 5.41 Å². The SMILES string of the molecule is CCC(C)(C)C1SCCS1. The zero-order chi connectivity index (χ0) is 7.61. The van der Waals surface area contributed by atoms with Crippen LogP contribution in [0.3, 0.4) is 0 Å². The Hall–Kier alpha value is 0.700. The highest BCUT2D eigenvalue weighted by Gasteiger charge is 2.31. The average molecular weight is 176 g/mol. The number of thioether (sulfide) groups is 2. The highest BCUT2D eigenvalue weighted by atomic mass is 32.2. The topological polar surface area (TPSA) is 0 Å². The molecule has 1 rings (SSSR count). The molecule has 1 heterocycles. The van der Waals surface area contributed by atoms with E-state index in [1.807, 2.05) is 0 Å². The van der Waals surface area contributed by atoms with Gasteiger partial charge in [-0.15, -0.1) is 23.5 Å². The van der Waals surface area contributed by atoms with Crippen LogP contribution in [-0.4, -0.2) is 16.1 Å². The van der Waals surface area contributed by atoms with Crippen molar-refractivity contribution in [3.05, 3.63) is 0 Å². The Bertz CT molecular complexity index is 104. The van der Waals surface area contributed by atoms with Crippen molar-refractivity contribution in [3.63, 3.8) is 0 Å². The second-order valence-corrected chi connectivity index (χ2v) is 6.14. The Kier molecular flexibility index (Phi) is 2.99. The van der Waals surface area contributed by atoms with Gasteiger partial charge in [-0.25, -0.2) is 0 Å². The molecule has 2 heteroatoms. The minimum atomic E-state index is 0.547. The summed E-state index contributed by atoms with van der Waals surface area (Å²) in [7, 11) is 0. The molecule has 0 spiro atoms. The van der Waals surface area contributed by atoms with Crippen LogP contribution in [0.1, 0.15) is 27.2 Å². The molecule has 10 heavy (non-hydrogen) atoms. The first-order valence-corrected chi connectivity index (χ1v) is 6.00. The molecule has 1 aliphatic rings. The Labute approximate surface area is 72.5 Å². The molecule has 0 aromatic heterocycles. The molecular formula is C8H16S2. The van der Waals surface area contributed by atoms with E-state index < -0.39 is 0 Å². The lowest BCUT2D eigenvalue weighted by molar-refractivity contribution is 0.391. The first kappa shape index (κ1) is 8.79. The molecule has 0 amide bonds. The third kappa shape index (κ3) is 1.85. The van der Waals surface area contributed by atoms with E-state index in [9.17, 15) is 0 Å². The van der Waals surface area contributed by atoms with E-state index in [-0.39, 0.29) is 0 Å². The number of hydrogen-bond acceptors (Lipinski definition) is 2. The smallest absolute Gasteiger partial charge is 0.0553 e. The van der Waals surface area contributed by atoms with Gasteiger partial charge in [0.05, 0.1) is 4.58 Å². The van der Waals surface area contributed by atoms with Crippen LogP contribution >= 0.6 is 23.5 Å². The summed E-state index contributed by atoms with van der Waals surface area (Å²) in [5.74, 6) is 2.72. The normalized spacial score (nSPS) is 21.9. The average Bonchev–Trinajstić information content (AvgIpc) is 2.38. The first-order chi connectivity index (χ1) is 4.67. The molecule has 0 unspecified atom stereocenters. The molecule has 60 valence electrons. The van der Waals surface area contributed by atoms with Crippen molar-refractivity contribution in [1.29, 1.82) is 0 Å². The zero-order valence-corrected chi connectivity index (χ0v) is 8.65. The highest BCUT2D eigenvalue weighted by molar-refractivity contribution is 8.20. The van der Waals surface area contributed by atoms with Crippen molar-refractivity contribution in [1.82, 2.24) is 0 Å². The van der Waals surface area contributed by atoms with Crippen LogP contribution in [0.2, 0.25) is 0 Å². The van der Waals surface area contributed by atoms with Crippen LogP contribution in [-0.2, 0) is 0 Å². The van der Waals surface area contributed by atoms with Gasteiger partial charge in [0.2, 0.25) is 0 Å². The van der Waals surface area contributed by atoms with E-state index in [1.165, 1.54) is 17.9 Å². The van der Waals surface area contributed by atoms with E-state index in [1.54, 1.807) is 0 Å². The monoisotopic (exact) mass is 176 g/mol. The summed E-state index contributed by atoms with van der Waals surface area (Å²) in [6.45, 7) is 7.05. The largest absolute Gasteiger partial charge is 0.146 e. The molecule has 1 saturated heterocycles. The molecular weight excluding hydrogens is 160 g/mol. The van der Waals surface area contributed by atoms with Crippen LogP contribution in [0, 0.1) is 5.41 Å². The van der Waals surface area contributed by atoms with Crippen molar-refractivity contribution < 1.29 is 0 Å². The van der Waals surface area contributed by atoms with Gasteiger partial charge in [-0.3, -0.25) is 0 Å².